The lowest BCUT2D eigenvalue weighted by atomic mass is 10.1. The number of nitrogens with zero attached hydrogens (tertiary/aromatic N) is 1. The van der Waals surface area contributed by atoms with Crippen LogP contribution >= 0.6 is 0 Å². The van der Waals surface area contributed by atoms with Crippen LogP contribution in [0.2, 0.25) is 0 Å². The molecule has 35 heavy (non-hydrogen) atoms. The largest absolute Gasteiger partial charge is 0.493 e. The Labute approximate surface area is 204 Å². The van der Waals surface area contributed by atoms with E-state index >= 15 is 0 Å². The fourth-order valence-corrected chi connectivity index (χ4v) is 4.15. The molecule has 0 saturated heterocycles. The number of amides is 2. The highest BCUT2D eigenvalue weighted by atomic mass is 19.1. The lowest BCUT2D eigenvalue weighted by Gasteiger charge is -2.22. The SMILES string of the molecule is COc1cc(NC(=O)C2CCCC2)c(C(=O)OC(C)C(=O)N(C)Cc2cccc(F)c2)cc1OC. The second kappa shape index (κ2) is 11.7. The van der Waals surface area contributed by atoms with E-state index in [2.05, 4.69) is 5.32 Å². The van der Waals surface area contributed by atoms with Crippen molar-refractivity contribution in [3.8, 4) is 11.5 Å². The number of carbonyl (C=O) groups is 3. The first-order valence-corrected chi connectivity index (χ1v) is 11.5. The van der Waals surface area contributed by atoms with E-state index in [1.165, 1.54) is 50.3 Å². The van der Waals surface area contributed by atoms with Crippen molar-refractivity contribution in [3.05, 3.63) is 53.3 Å². The van der Waals surface area contributed by atoms with Crippen molar-refractivity contribution < 1.29 is 33.0 Å². The number of carbonyl (C=O) groups excluding carboxylic acids is 3. The summed E-state index contributed by atoms with van der Waals surface area (Å²) in [6, 6.07) is 8.84. The Morgan fingerprint density at radius 2 is 1.74 bits per heavy atom. The van der Waals surface area contributed by atoms with Crippen molar-refractivity contribution in [2.24, 2.45) is 5.92 Å². The Kier molecular flexibility index (Phi) is 8.68. The number of esters is 1. The maximum Gasteiger partial charge on any atom is 0.341 e. The zero-order valence-corrected chi connectivity index (χ0v) is 20.4. The molecule has 1 aliphatic rings. The van der Waals surface area contributed by atoms with Crippen LogP contribution in [0.15, 0.2) is 36.4 Å². The van der Waals surface area contributed by atoms with Gasteiger partial charge in [0.25, 0.3) is 5.91 Å². The van der Waals surface area contributed by atoms with Gasteiger partial charge in [0.2, 0.25) is 5.91 Å². The van der Waals surface area contributed by atoms with Crippen molar-refractivity contribution >= 4 is 23.5 Å². The number of ether oxygens (including phenoxy) is 3. The van der Waals surface area contributed by atoms with E-state index in [1.807, 2.05) is 0 Å². The molecule has 1 fully saturated rings. The monoisotopic (exact) mass is 486 g/mol. The molecule has 0 aromatic heterocycles. The molecule has 1 N–H and O–H groups in total. The van der Waals surface area contributed by atoms with Gasteiger partial charge in [-0.1, -0.05) is 25.0 Å². The fraction of sp³-hybridized carbons (Fsp3) is 0.423. The molecule has 3 rings (SSSR count). The van der Waals surface area contributed by atoms with E-state index < -0.39 is 23.8 Å². The topological polar surface area (TPSA) is 94.2 Å². The molecular formula is C26H31FN2O6. The molecule has 2 aromatic rings. The minimum atomic E-state index is -1.12. The third kappa shape index (κ3) is 6.49. The number of benzene rings is 2. The van der Waals surface area contributed by atoms with Crippen molar-refractivity contribution in [1.82, 2.24) is 4.90 Å². The highest BCUT2D eigenvalue weighted by Gasteiger charge is 2.28. The van der Waals surface area contributed by atoms with E-state index in [9.17, 15) is 18.8 Å². The van der Waals surface area contributed by atoms with Gasteiger partial charge in [-0.2, -0.15) is 0 Å². The first-order valence-electron chi connectivity index (χ1n) is 11.5. The summed E-state index contributed by atoms with van der Waals surface area (Å²) in [6.07, 6.45) is 2.45. The van der Waals surface area contributed by atoms with E-state index in [-0.39, 0.29) is 35.4 Å². The Morgan fingerprint density at radius 3 is 2.37 bits per heavy atom. The predicted molar refractivity (Wildman–Crippen MR) is 128 cm³/mol. The standard InChI is InChI=1S/C26H31FN2O6/c1-16(25(31)29(2)15-17-8-7-11-19(27)12-17)35-26(32)20-13-22(33-3)23(34-4)14-21(20)28-24(30)18-9-5-6-10-18/h7-8,11-14,16,18H,5-6,9-10,15H2,1-4H3,(H,28,30). The second-order valence-electron chi connectivity index (χ2n) is 8.60. The Balaban J connectivity index is 1.76. The van der Waals surface area contributed by atoms with Crippen LogP contribution in [0.3, 0.4) is 0 Å². The molecule has 0 spiro atoms. The number of hydrogen-bond donors (Lipinski definition) is 1. The summed E-state index contributed by atoms with van der Waals surface area (Å²) in [6.45, 7) is 1.61. The minimum Gasteiger partial charge on any atom is -0.493 e. The molecule has 0 bridgehead atoms. The number of halogens is 1. The first kappa shape index (κ1) is 26.0. The van der Waals surface area contributed by atoms with Crippen LogP contribution in [-0.4, -0.2) is 50.1 Å². The smallest absolute Gasteiger partial charge is 0.341 e. The van der Waals surface area contributed by atoms with E-state index in [0.29, 0.717) is 11.3 Å². The van der Waals surface area contributed by atoms with Crippen LogP contribution in [0.1, 0.15) is 48.5 Å². The van der Waals surface area contributed by atoms with Gasteiger partial charge < -0.3 is 24.4 Å². The van der Waals surface area contributed by atoms with Crippen LogP contribution in [0, 0.1) is 11.7 Å². The molecule has 1 atom stereocenters. The molecule has 1 unspecified atom stereocenters. The average molecular weight is 487 g/mol. The van der Waals surface area contributed by atoms with Crippen molar-refractivity contribution in [1.29, 1.82) is 0 Å². The number of rotatable bonds is 9. The number of nitrogens with one attached hydrogen (secondary N) is 1. The zero-order valence-electron chi connectivity index (χ0n) is 20.4. The lowest BCUT2D eigenvalue weighted by molar-refractivity contribution is -0.139. The molecule has 2 amide bonds. The van der Waals surface area contributed by atoms with Gasteiger partial charge in [0, 0.05) is 31.6 Å². The summed E-state index contributed by atoms with van der Waals surface area (Å²) in [7, 11) is 4.42. The molecule has 1 aliphatic carbocycles. The number of methoxy groups -OCH3 is 2. The van der Waals surface area contributed by atoms with E-state index in [0.717, 1.165) is 25.7 Å². The molecule has 0 aliphatic heterocycles. The first-order chi connectivity index (χ1) is 16.7. The summed E-state index contributed by atoms with van der Waals surface area (Å²) in [5.41, 5.74) is 0.870. The molecule has 0 heterocycles. The summed E-state index contributed by atoms with van der Waals surface area (Å²) in [5, 5.41) is 2.82. The lowest BCUT2D eigenvalue weighted by Crippen LogP contribution is -2.37. The maximum atomic E-state index is 13.5. The molecule has 0 radical (unpaired) electrons. The summed E-state index contributed by atoms with van der Waals surface area (Å²) < 4.78 is 29.5. The highest BCUT2D eigenvalue weighted by molar-refractivity contribution is 6.03. The van der Waals surface area contributed by atoms with Gasteiger partial charge >= 0.3 is 5.97 Å². The predicted octanol–water partition coefficient (Wildman–Crippen LogP) is 4.18. The van der Waals surface area contributed by atoms with Gasteiger partial charge in [0.15, 0.2) is 17.6 Å². The number of likely N-dealkylation sites (N-methyl/N-ethyl adjacent to an activating group) is 1. The van der Waals surface area contributed by atoms with Gasteiger partial charge in [0.1, 0.15) is 5.82 Å². The number of hydrogen-bond acceptors (Lipinski definition) is 6. The van der Waals surface area contributed by atoms with Gasteiger partial charge in [-0.3, -0.25) is 9.59 Å². The van der Waals surface area contributed by atoms with E-state index in [1.54, 1.807) is 19.2 Å². The molecule has 9 heteroatoms. The van der Waals surface area contributed by atoms with E-state index in [4.69, 9.17) is 14.2 Å². The van der Waals surface area contributed by atoms with Gasteiger partial charge in [0.05, 0.1) is 25.5 Å². The van der Waals surface area contributed by atoms with Crippen molar-refractivity contribution in [2.45, 2.75) is 45.3 Å². The third-order valence-corrected chi connectivity index (χ3v) is 6.04. The van der Waals surface area contributed by atoms with Crippen LogP contribution in [-0.2, 0) is 20.9 Å². The summed E-state index contributed by atoms with van der Waals surface area (Å²) in [4.78, 5) is 40.0. The fourth-order valence-electron chi connectivity index (χ4n) is 4.15. The molecule has 1 saturated carbocycles. The maximum absolute atomic E-state index is 13.5. The van der Waals surface area contributed by atoms with Gasteiger partial charge in [-0.25, -0.2) is 9.18 Å². The third-order valence-electron chi connectivity index (χ3n) is 6.04. The second-order valence-corrected chi connectivity index (χ2v) is 8.60. The highest BCUT2D eigenvalue weighted by Crippen LogP contribution is 2.35. The molecular weight excluding hydrogens is 455 g/mol. The van der Waals surface area contributed by atoms with Crippen LogP contribution < -0.4 is 14.8 Å². The molecule has 2 aromatic carbocycles. The Morgan fingerprint density at radius 1 is 1.09 bits per heavy atom. The average Bonchev–Trinajstić information content (AvgIpc) is 3.38. The summed E-state index contributed by atoms with van der Waals surface area (Å²) in [5.74, 6) is -1.34. The summed E-state index contributed by atoms with van der Waals surface area (Å²) >= 11 is 0. The van der Waals surface area contributed by atoms with Crippen LogP contribution in [0.25, 0.3) is 0 Å². The molecule has 8 nitrogen and oxygen atoms in total. The number of anilines is 1. The van der Waals surface area contributed by atoms with Gasteiger partial charge in [-0.15, -0.1) is 0 Å². The quantitative estimate of drug-likeness (QED) is 0.535. The van der Waals surface area contributed by atoms with Crippen LogP contribution in [0.4, 0.5) is 10.1 Å². The molecule has 188 valence electrons. The van der Waals surface area contributed by atoms with Crippen LogP contribution in [0.5, 0.6) is 11.5 Å². The zero-order chi connectivity index (χ0) is 25.5. The van der Waals surface area contributed by atoms with Gasteiger partial charge in [-0.05, 0) is 37.5 Å². The Hall–Kier alpha value is -3.62. The minimum absolute atomic E-state index is 0.0430. The Bertz CT molecular complexity index is 1080. The van der Waals surface area contributed by atoms with Crippen molar-refractivity contribution in [3.63, 3.8) is 0 Å². The van der Waals surface area contributed by atoms with Crippen molar-refractivity contribution in [2.75, 3.05) is 26.6 Å². The normalized spacial score (nSPS) is 14.2.